The minimum atomic E-state index is -1.25. The van der Waals surface area contributed by atoms with Gasteiger partial charge in [-0.1, -0.05) is 23.2 Å². The molecule has 3 N–H and O–H groups in total. The molecule has 0 fully saturated rings. The molecule has 92 valence electrons. The maximum absolute atomic E-state index is 11.5. The van der Waals surface area contributed by atoms with Gasteiger partial charge in [0.25, 0.3) is 0 Å². The van der Waals surface area contributed by atoms with Crippen LogP contribution in [-0.4, -0.2) is 23.1 Å². The highest BCUT2D eigenvalue weighted by atomic mass is 35.5. The van der Waals surface area contributed by atoms with Gasteiger partial charge in [0.1, 0.15) is 0 Å². The fourth-order valence-corrected chi connectivity index (χ4v) is 1.34. The first-order valence-corrected chi connectivity index (χ1v) is 5.26. The molecule has 0 bridgehead atoms. The maximum atomic E-state index is 11.5. The van der Waals surface area contributed by atoms with Crippen LogP contribution in [0.15, 0.2) is 12.1 Å². The van der Waals surface area contributed by atoms with Gasteiger partial charge in [0, 0.05) is 0 Å². The molecule has 0 aromatic heterocycles. The van der Waals surface area contributed by atoms with Gasteiger partial charge in [-0.25, -0.2) is 9.59 Å². The van der Waals surface area contributed by atoms with Crippen LogP contribution in [-0.2, 0) is 9.53 Å². The number of rotatable bonds is 3. The summed E-state index contributed by atoms with van der Waals surface area (Å²) in [5.41, 5.74) is 5.68. The molecule has 0 saturated heterocycles. The summed E-state index contributed by atoms with van der Waals surface area (Å²) < 4.78 is 4.65. The molecule has 0 aliphatic carbocycles. The molecular formula is C10H9Cl2NO4. The number of carbonyl (C=O) groups excluding carboxylic acids is 1. The number of aliphatic carboxylic acids is 1. The number of carboxylic acid groups (broad SMARTS) is 1. The second-order valence-corrected chi connectivity index (χ2v) is 4.03. The fraction of sp³-hybridized carbons (Fsp3) is 0.200. The molecule has 0 spiro atoms. The van der Waals surface area contributed by atoms with Crippen molar-refractivity contribution in [2.24, 2.45) is 0 Å². The number of hydrogen-bond acceptors (Lipinski definition) is 4. The molecule has 0 aliphatic heterocycles. The van der Waals surface area contributed by atoms with Gasteiger partial charge < -0.3 is 15.6 Å². The van der Waals surface area contributed by atoms with Crippen LogP contribution in [0.4, 0.5) is 5.69 Å². The molecule has 7 heteroatoms. The minimum Gasteiger partial charge on any atom is -0.479 e. The van der Waals surface area contributed by atoms with E-state index in [9.17, 15) is 9.59 Å². The second kappa shape index (κ2) is 5.25. The first-order valence-electron chi connectivity index (χ1n) is 4.51. The topological polar surface area (TPSA) is 89.6 Å². The smallest absolute Gasteiger partial charge is 0.344 e. The van der Waals surface area contributed by atoms with Crippen LogP contribution in [0.1, 0.15) is 17.3 Å². The highest BCUT2D eigenvalue weighted by Gasteiger charge is 2.19. The molecule has 1 aromatic carbocycles. The monoisotopic (exact) mass is 277 g/mol. The minimum absolute atomic E-state index is 0.0463. The third-order valence-corrected chi connectivity index (χ3v) is 2.74. The van der Waals surface area contributed by atoms with Crippen LogP contribution in [0, 0.1) is 0 Å². The van der Waals surface area contributed by atoms with Crippen molar-refractivity contribution in [1.29, 1.82) is 0 Å². The number of ether oxygens (including phenoxy) is 1. The Labute approximate surface area is 107 Å². The fourth-order valence-electron chi connectivity index (χ4n) is 1.01. The van der Waals surface area contributed by atoms with E-state index in [4.69, 9.17) is 34.0 Å². The molecule has 1 atom stereocenters. The summed E-state index contributed by atoms with van der Waals surface area (Å²) in [4.78, 5) is 22.0. The maximum Gasteiger partial charge on any atom is 0.344 e. The molecule has 5 nitrogen and oxygen atoms in total. The van der Waals surface area contributed by atoms with Crippen molar-refractivity contribution in [2.75, 3.05) is 5.73 Å². The molecule has 0 aliphatic rings. The van der Waals surface area contributed by atoms with E-state index in [0.717, 1.165) is 0 Å². The number of nitrogen functional groups attached to an aromatic ring is 1. The van der Waals surface area contributed by atoms with E-state index in [-0.39, 0.29) is 21.3 Å². The van der Waals surface area contributed by atoms with Gasteiger partial charge in [0.05, 0.1) is 21.3 Å². The molecule has 0 saturated carbocycles. The first-order chi connectivity index (χ1) is 7.82. The lowest BCUT2D eigenvalue weighted by Gasteiger charge is -2.10. The van der Waals surface area contributed by atoms with E-state index < -0.39 is 18.0 Å². The number of halogens is 2. The van der Waals surface area contributed by atoms with Crippen molar-refractivity contribution in [3.63, 3.8) is 0 Å². The third kappa shape index (κ3) is 3.25. The highest BCUT2D eigenvalue weighted by Crippen LogP contribution is 2.29. The SMILES string of the molecule is CC(OC(=O)c1cc(N)c(Cl)c(Cl)c1)C(=O)O. The Hall–Kier alpha value is -1.46. The Morgan fingerprint density at radius 2 is 2.00 bits per heavy atom. The average molecular weight is 278 g/mol. The quantitative estimate of drug-likeness (QED) is 0.653. The van der Waals surface area contributed by atoms with Gasteiger partial charge in [-0.3, -0.25) is 0 Å². The Kier molecular flexibility index (Phi) is 4.20. The molecule has 1 unspecified atom stereocenters. The van der Waals surface area contributed by atoms with Crippen LogP contribution >= 0.6 is 23.2 Å². The van der Waals surface area contributed by atoms with E-state index in [1.54, 1.807) is 0 Å². The number of anilines is 1. The normalized spacial score (nSPS) is 11.9. The van der Waals surface area contributed by atoms with Crippen molar-refractivity contribution in [3.8, 4) is 0 Å². The highest BCUT2D eigenvalue weighted by molar-refractivity contribution is 6.43. The van der Waals surface area contributed by atoms with Crippen LogP contribution in [0.2, 0.25) is 10.0 Å². The van der Waals surface area contributed by atoms with Gasteiger partial charge >= 0.3 is 11.9 Å². The molecular weight excluding hydrogens is 269 g/mol. The average Bonchev–Trinajstić information content (AvgIpc) is 2.24. The largest absolute Gasteiger partial charge is 0.479 e. The van der Waals surface area contributed by atoms with Crippen LogP contribution < -0.4 is 5.73 Å². The van der Waals surface area contributed by atoms with Gasteiger partial charge in [-0.15, -0.1) is 0 Å². The Bertz CT molecular complexity index is 452. The van der Waals surface area contributed by atoms with Crippen molar-refractivity contribution in [1.82, 2.24) is 0 Å². The number of carbonyl (C=O) groups is 2. The van der Waals surface area contributed by atoms with E-state index in [1.807, 2.05) is 0 Å². The zero-order valence-electron chi connectivity index (χ0n) is 8.74. The lowest BCUT2D eigenvalue weighted by atomic mass is 10.2. The first kappa shape index (κ1) is 13.6. The van der Waals surface area contributed by atoms with Crippen molar-refractivity contribution in [2.45, 2.75) is 13.0 Å². The summed E-state index contributed by atoms with van der Waals surface area (Å²) >= 11 is 11.4. The molecule has 0 amide bonds. The van der Waals surface area contributed by atoms with Gasteiger partial charge in [-0.05, 0) is 19.1 Å². The van der Waals surface area contributed by atoms with Gasteiger partial charge in [0.2, 0.25) is 0 Å². The summed E-state index contributed by atoms with van der Waals surface area (Å²) in [5, 5.41) is 8.81. The van der Waals surface area contributed by atoms with Crippen molar-refractivity contribution >= 4 is 40.8 Å². The van der Waals surface area contributed by atoms with E-state index in [1.165, 1.54) is 19.1 Å². The second-order valence-electron chi connectivity index (χ2n) is 3.25. The zero-order chi connectivity index (χ0) is 13.2. The summed E-state index contributed by atoms with van der Waals surface area (Å²) in [7, 11) is 0. The molecule has 0 radical (unpaired) electrons. The molecule has 1 rings (SSSR count). The number of carboxylic acids is 1. The number of nitrogens with two attached hydrogens (primary N) is 1. The van der Waals surface area contributed by atoms with Gasteiger partial charge in [-0.2, -0.15) is 0 Å². The Morgan fingerprint density at radius 1 is 1.41 bits per heavy atom. The lowest BCUT2D eigenvalue weighted by molar-refractivity contribution is -0.146. The predicted octanol–water partition coefficient (Wildman–Crippen LogP) is 2.21. The summed E-state index contributed by atoms with van der Waals surface area (Å²) in [5.74, 6) is -2.07. The van der Waals surface area contributed by atoms with E-state index >= 15 is 0 Å². The number of esters is 1. The van der Waals surface area contributed by atoms with Crippen LogP contribution in [0.5, 0.6) is 0 Å². The summed E-state index contributed by atoms with van der Waals surface area (Å²) in [6.07, 6.45) is -1.25. The number of hydrogen-bond donors (Lipinski definition) is 2. The lowest BCUT2D eigenvalue weighted by Crippen LogP contribution is -2.23. The van der Waals surface area contributed by atoms with Crippen molar-refractivity contribution in [3.05, 3.63) is 27.7 Å². The van der Waals surface area contributed by atoms with Crippen LogP contribution in [0.25, 0.3) is 0 Å². The Morgan fingerprint density at radius 3 is 2.47 bits per heavy atom. The molecule has 17 heavy (non-hydrogen) atoms. The van der Waals surface area contributed by atoms with E-state index in [0.29, 0.717) is 0 Å². The molecule has 0 heterocycles. The third-order valence-electron chi connectivity index (χ3n) is 1.92. The van der Waals surface area contributed by atoms with Gasteiger partial charge in [0.15, 0.2) is 6.10 Å². The summed E-state index contributed by atoms with van der Waals surface area (Å²) in [6.45, 7) is 1.24. The van der Waals surface area contributed by atoms with Crippen molar-refractivity contribution < 1.29 is 19.4 Å². The Balaban J connectivity index is 2.94. The zero-order valence-corrected chi connectivity index (χ0v) is 10.2. The summed E-state index contributed by atoms with van der Waals surface area (Å²) in [6, 6.07) is 2.53. The number of benzene rings is 1. The molecule has 1 aromatic rings. The van der Waals surface area contributed by atoms with E-state index in [2.05, 4.69) is 4.74 Å². The standard InChI is InChI=1S/C10H9Cl2NO4/c1-4(9(14)15)17-10(16)5-2-6(11)8(12)7(13)3-5/h2-4H,13H2,1H3,(H,14,15). The predicted molar refractivity (Wildman–Crippen MR) is 63.4 cm³/mol. The van der Waals surface area contributed by atoms with Crippen LogP contribution in [0.3, 0.4) is 0 Å².